The van der Waals surface area contributed by atoms with E-state index in [4.69, 9.17) is 6.42 Å². The average Bonchev–Trinajstić information content (AvgIpc) is 2.54. The van der Waals surface area contributed by atoms with Crippen LogP contribution in [0, 0.1) is 44.0 Å². The lowest BCUT2D eigenvalue weighted by Gasteiger charge is -2.27. The number of aryl methyl sites for hydroxylation is 2. The van der Waals surface area contributed by atoms with Crippen LogP contribution in [0.15, 0.2) is 12.1 Å². The second kappa shape index (κ2) is 7.81. The third kappa shape index (κ3) is 3.98. The highest BCUT2D eigenvalue weighted by atomic mass is 16.2. The summed E-state index contributed by atoms with van der Waals surface area (Å²) in [6, 6.07) is 3.79. The molecule has 1 aromatic carbocycles. The summed E-state index contributed by atoms with van der Waals surface area (Å²) in [4.78, 5) is 37.3. The minimum absolute atomic E-state index is 0.0577. The first-order valence-corrected chi connectivity index (χ1v) is 8.19. The zero-order valence-corrected chi connectivity index (χ0v) is 14.7. The molecule has 0 radical (unpaired) electrons. The van der Waals surface area contributed by atoms with Crippen LogP contribution in [-0.4, -0.2) is 24.0 Å². The first-order valence-electron chi connectivity index (χ1n) is 8.19. The number of carbonyl (C=O) groups excluding carboxylic acids is 3. The summed E-state index contributed by atoms with van der Waals surface area (Å²) in [7, 11) is 0. The topological polar surface area (TPSA) is 63.2 Å². The normalized spacial score (nSPS) is 19.6. The van der Waals surface area contributed by atoms with Gasteiger partial charge in [-0.1, -0.05) is 11.8 Å². The van der Waals surface area contributed by atoms with E-state index >= 15 is 0 Å². The van der Waals surface area contributed by atoms with E-state index in [-0.39, 0.29) is 36.9 Å². The van der Waals surface area contributed by atoms with Crippen molar-refractivity contribution in [2.75, 3.05) is 6.54 Å². The third-order valence-electron chi connectivity index (χ3n) is 4.43. The minimum Gasteiger partial charge on any atom is -0.345 e. The Bertz CT molecular complexity index is 792. The van der Waals surface area contributed by atoms with E-state index in [9.17, 15) is 14.4 Å². The number of amides is 1. The number of rotatable bonds is 3. The number of Topliss-reactive ketones (excluding diaryl/α,β-unsaturated/α-hetero) is 2. The minimum atomic E-state index is -0.791. The second-order valence-electron chi connectivity index (χ2n) is 6.29. The number of nitrogens with one attached hydrogen (secondary N) is 1. The number of carbonyl (C=O) groups is 3. The molecule has 0 heterocycles. The van der Waals surface area contributed by atoms with E-state index < -0.39 is 11.8 Å². The van der Waals surface area contributed by atoms with Crippen LogP contribution in [0.4, 0.5) is 0 Å². The van der Waals surface area contributed by atoms with Gasteiger partial charge < -0.3 is 5.32 Å². The molecule has 0 bridgehead atoms. The van der Waals surface area contributed by atoms with Crippen molar-refractivity contribution in [3.8, 4) is 24.2 Å². The summed E-state index contributed by atoms with van der Waals surface area (Å²) in [5.41, 5.74) is 3.36. The first kappa shape index (κ1) is 18.5. The fraction of sp³-hybridized carbons (Fsp3) is 0.381. The molecular weight excluding hydrogens is 314 g/mol. The molecule has 2 rings (SSSR count). The molecule has 1 fully saturated rings. The van der Waals surface area contributed by atoms with Crippen LogP contribution in [0.5, 0.6) is 0 Å². The highest BCUT2D eigenvalue weighted by Gasteiger charge is 2.40. The number of terminal acetylenes is 1. The Labute approximate surface area is 148 Å². The number of benzene rings is 1. The van der Waals surface area contributed by atoms with Crippen molar-refractivity contribution in [1.29, 1.82) is 0 Å². The largest absolute Gasteiger partial charge is 0.345 e. The average molecular weight is 335 g/mol. The Morgan fingerprint density at radius 2 is 1.76 bits per heavy atom. The Morgan fingerprint density at radius 1 is 1.20 bits per heavy atom. The Hall–Kier alpha value is -2.85. The molecular formula is C21H21NO3. The van der Waals surface area contributed by atoms with Crippen molar-refractivity contribution in [2.24, 2.45) is 5.92 Å². The molecule has 1 aliphatic rings. The van der Waals surface area contributed by atoms with Crippen molar-refractivity contribution < 1.29 is 14.4 Å². The molecule has 0 unspecified atom stereocenters. The summed E-state index contributed by atoms with van der Waals surface area (Å²) >= 11 is 0. The molecule has 0 aliphatic heterocycles. The van der Waals surface area contributed by atoms with Crippen molar-refractivity contribution in [3.05, 3.63) is 34.4 Å². The standard InChI is InChI=1S/C21H21NO3/c1-5-7-15-9-13(3)19(14(4)10-15)20-17(23)11-16(12-18(20)24)21(25)22-8-6-2/h2,9-10,16,20H,8,11-12H2,1,3-4H3,(H,22,25). The molecule has 25 heavy (non-hydrogen) atoms. The number of hydrogen-bond donors (Lipinski definition) is 1. The quantitative estimate of drug-likeness (QED) is 0.679. The van der Waals surface area contributed by atoms with Crippen LogP contribution in [0.2, 0.25) is 0 Å². The summed E-state index contributed by atoms with van der Waals surface area (Å²) in [5, 5.41) is 2.55. The van der Waals surface area contributed by atoms with Gasteiger partial charge in [-0.15, -0.1) is 12.3 Å². The smallest absolute Gasteiger partial charge is 0.224 e. The molecule has 1 amide bonds. The summed E-state index contributed by atoms with van der Waals surface area (Å²) in [6.07, 6.45) is 5.23. The lowest BCUT2D eigenvalue weighted by atomic mass is 9.74. The second-order valence-corrected chi connectivity index (χ2v) is 6.29. The highest BCUT2D eigenvalue weighted by molar-refractivity contribution is 6.12. The van der Waals surface area contributed by atoms with E-state index in [0.717, 1.165) is 22.3 Å². The molecule has 0 aromatic heterocycles. The van der Waals surface area contributed by atoms with Gasteiger partial charge in [0.1, 0.15) is 17.5 Å². The Morgan fingerprint density at radius 3 is 2.24 bits per heavy atom. The molecule has 0 atom stereocenters. The Kier molecular flexibility index (Phi) is 5.78. The number of hydrogen-bond acceptors (Lipinski definition) is 3. The fourth-order valence-electron chi connectivity index (χ4n) is 3.41. The molecule has 1 saturated carbocycles. The van der Waals surface area contributed by atoms with Gasteiger partial charge in [-0.25, -0.2) is 0 Å². The van der Waals surface area contributed by atoms with Gasteiger partial charge in [-0.05, 0) is 49.6 Å². The molecule has 128 valence electrons. The van der Waals surface area contributed by atoms with Crippen LogP contribution >= 0.6 is 0 Å². The number of ketones is 2. The summed E-state index contributed by atoms with van der Waals surface area (Å²) in [6.45, 7) is 5.63. The Balaban J connectivity index is 2.29. The fourth-order valence-corrected chi connectivity index (χ4v) is 3.41. The van der Waals surface area contributed by atoms with Gasteiger partial charge in [-0.2, -0.15) is 0 Å². The van der Waals surface area contributed by atoms with Crippen molar-refractivity contribution in [2.45, 2.75) is 39.5 Å². The van der Waals surface area contributed by atoms with Crippen LogP contribution in [0.25, 0.3) is 0 Å². The van der Waals surface area contributed by atoms with Gasteiger partial charge in [0, 0.05) is 18.4 Å². The van der Waals surface area contributed by atoms with E-state index in [1.807, 2.05) is 26.0 Å². The van der Waals surface area contributed by atoms with Crippen molar-refractivity contribution >= 4 is 17.5 Å². The van der Waals surface area contributed by atoms with E-state index in [1.165, 1.54) is 0 Å². The van der Waals surface area contributed by atoms with E-state index in [0.29, 0.717) is 0 Å². The lowest BCUT2D eigenvalue weighted by Crippen LogP contribution is -2.40. The van der Waals surface area contributed by atoms with E-state index in [1.54, 1.807) is 6.92 Å². The molecule has 1 aliphatic carbocycles. The predicted molar refractivity (Wildman–Crippen MR) is 95.8 cm³/mol. The van der Waals surface area contributed by atoms with Gasteiger partial charge >= 0.3 is 0 Å². The van der Waals surface area contributed by atoms with Crippen LogP contribution in [0.1, 0.15) is 47.9 Å². The molecule has 4 heteroatoms. The lowest BCUT2D eigenvalue weighted by molar-refractivity contribution is -0.139. The molecule has 0 saturated heterocycles. The zero-order valence-electron chi connectivity index (χ0n) is 14.7. The van der Waals surface area contributed by atoms with Crippen LogP contribution < -0.4 is 5.32 Å². The maximum Gasteiger partial charge on any atom is 0.224 e. The van der Waals surface area contributed by atoms with Gasteiger partial charge in [0.05, 0.1) is 12.5 Å². The first-order chi connectivity index (χ1) is 11.9. The molecule has 1 N–H and O–H groups in total. The molecule has 1 aromatic rings. The monoisotopic (exact) mass is 335 g/mol. The van der Waals surface area contributed by atoms with Gasteiger partial charge in [0.25, 0.3) is 0 Å². The van der Waals surface area contributed by atoms with Crippen LogP contribution in [0.3, 0.4) is 0 Å². The maximum absolute atomic E-state index is 12.6. The summed E-state index contributed by atoms with van der Waals surface area (Å²) < 4.78 is 0. The highest BCUT2D eigenvalue weighted by Crippen LogP contribution is 2.34. The summed E-state index contributed by atoms with van der Waals surface area (Å²) in [5.74, 6) is 5.98. The SMILES string of the molecule is C#CCNC(=O)C1CC(=O)C(c2c(C)cc(C#CC)cc2C)C(=O)C1. The zero-order chi connectivity index (χ0) is 18.6. The predicted octanol–water partition coefficient (Wildman–Crippen LogP) is 2.06. The van der Waals surface area contributed by atoms with Gasteiger partial charge in [0.15, 0.2) is 0 Å². The van der Waals surface area contributed by atoms with Crippen molar-refractivity contribution in [3.63, 3.8) is 0 Å². The maximum atomic E-state index is 12.6. The van der Waals surface area contributed by atoms with Crippen LogP contribution in [-0.2, 0) is 14.4 Å². The van der Waals surface area contributed by atoms with Gasteiger partial charge in [-0.3, -0.25) is 14.4 Å². The molecule has 4 nitrogen and oxygen atoms in total. The van der Waals surface area contributed by atoms with Crippen molar-refractivity contribution in [1.82, 2.24) is 5.32 Å². The van der Waals surface area contributed by atoms with Gasteiger partial charge in [0.2, 0.25) is 5.91 Å². The van der Waals surface area contributed by atoms with E-state index in [2.05, 4.69) is 23.1 Å². The third-order valence-corrected chi connectivity index (χ3v) is 4.43. The molecule has 0 spiro atoms.